The van der Waals surface area contributed by atoms with Crippen molar-refractivity contribution in [1.82, 2.24) is 4.90 Å². The molecule has 28 heavy (non-hydrogen) atoms. The summed E-state index contributed by atoms with van der Waals surface area (Å²) in [5, 5.41) is 11.8. The van der Waals surface area contributed by atoms with Crippen LogP contribution >= 0.6 is 0 Å². The first kappa shape index (κ1) is 20.8. The minimum Gasteiger partial charge on any atom is -0.497 e. The van der Waals surface area contributed by atoms with Gasteiger partial charge >= 0.3 is 5.97 Å². The third-order valence-electron chi connectivity index (χ3n) is 3.85. The predicted octanol–water partition coefficient (Wildman–Crippen LogP) is 2.39. The van der Waals surface area contributed by atoms with E-state index in [4.69, 9.17) is 9.47 Å². The summed E-state index contributed by atoms with van der Waals surface area (Å²) < 4.78 is 10.4. The maximum atomic E-state index is 12.8. The summed E-state index contributed by atoms with van der Waals surface area (Å²) in [4.78, 5) is 36.4. The zero-order chi connectivity index (χ0) is 20.7. The number of carbonyl (C=O) groups excluding carboxylic acids is 2. The molecule has 0 bridgehead atoms. The number of carboxylic acid groups (broad SMARTS) is 1. The van der Waals surface area contributed by atoms with E-state index in [1.54, 1.807) is 30.3 Å². The molecule has 0 aliphatic carbocycles. The van der Waals surface area contributed by atoms with E-state index in [9.17, 15) is 19.5 Å². The number of benzene rings is 2. The number of nitrogens with one attached hydrogen (secondary N) is 1. The molecule has 8 nitrogen and oxygen atoms in total. The second-order valence-electron chi connectivity index (χ2n) is 6.03. The van der Waals surface area contributed by atoms with Crippen LogP contribution in [-0.4, -0.2) is 48.6 Å². The van der Waals surface area contributed by atoms with E-state index in [1.807, 2.05) is 0 Å². The van der Waals surface area contributed by atoms with Gasteiger partial charge in [-0.2, -0.15) is 0 Å². The lowest BCUT2D eigenvalue weighted by Gasteiger charge is -2.22. The van der Waals surface area contributed by atoms with Gasteiger partial charge in [0.1, 0.15) is 18.0 Å². The van der Waals surface area contributed by atoms with Crippen LogP contribution in [0, 0.1) is 0 Å². The van der Waals surface area contributed by atoms with Crippen molar-refractivity contribution in [3.63, 3.8) is 0 Å². The van der Waals surface area contributed by atoms with E-state index in [1.165, 1.54) is 38.2 Å². The standard InChI is InChI=1S/C20H22N2O6/c1-13(23)21-16-6-4-15(5-7-16)20(26)22(12-19(24)25)11-14-8-17(27-2)10-18(9-14)28-3/h4-10H,11-12H2,1-3H3,(H,21,23)(H,24,25). The molecule has 2 aromatic rings. The molecule has 2 aromatic carbocycles. The highest BCUT2D eigenvalue weighted by atomic mass is 16.5. The van der Waals surface area contributed by atoms with Crippen LogP contribution in [0.2, 0.25) is 0 Å². The van der Waals surface area contributed by atoms with Crippen LogP contribution in [0.1, 0.15) is 22.8 Å². The Hall–Kier alpha value is -3.55. The van der Waals surface area contributed by atoms with E-state index in [0.717, 1.165) is 0 Å². The summed E-state index contributed by atoms with van der Waals surface area (Å²) in [6.45, 7) is 0.980. The third-order valence-corrected chi connectivity index (χ3v) is 3.85. The predicted molar refractivity (Wildman–Crippen MR) is 103 cm³/mol. The SMILES string of the molecule is COc1cc(CN(CC(=O)O)C(=O)c2ccc(NC(C)=O)cc2)cc(OC)c1. The number of carbonyl (C=O) groups is 3. The van der Waals surface area contributed by atoms with Gasteiger partial charge in [0, 0.05) is 30.8 Å². The number of carboxylic acids is 1. The Kier molecular flexibility index (Phi) is 6.97. The van der Waals surface area contributed by atoms with Gasteiger partial charge in [-0.05, 0) is 42.0 Å². The minimum atomic E-state index is -1.13. The Morgan fingerprint density at radius 1 is 1.00 bits per heavy atom. The lowest BCUT2D eigenvalue weighted by Crippen LogP contribution is -2.35. The molecule has 0 aliphatic rings. The number of rotatable bonds is 8. The number of methoxy groups -OCH3 is 2. The van der Waals surface area contributed by atoms with Crippen molar-refractivity contribution in [3.8, 4) is 11.5 Å². The van der Waals surface area contributed by atoms with Crippen LogP contribution in [0.3, 0.4) is 0 Å². The molecule has 0 atom stereocenters. The number of hydrogen-bond donors (Lipinski definition) is 2. The monoisotopic (exact) mass is 386 g/mol. The molecule has 0 radical (unpaired) electrons. The number of ether oxygens (including phenoxy) is 2. The van der Waals surface area contributed by atoms with Gasteiger partial charge < -0.3 is 24.8 Å². The summed E-state index contributed by atoms with van der Waals surface area (Å²) in [6.07, 6.45) is 0. The Labute approximate surface area is 162 Å². The zero-order valence-corrected chi connectivity index (χ0v) is 15.9. The van der Waals surface area contributed by atoms with Gasteiger partial charge in [-0.3, -0.25) is 14.4 Å². The first-order valence-electron chi connectivity index (χ1n) is 8.43. The molecule has 0 saturated heterocycles. The molecule has 148 valence electrons. The molecule has 0 heterocycles. The quantitative estimate of drug-likeness (QED) is 0.722. The molecular formula is C20H22N2O6. The molecule has 2 amide bonds. The molecular weight excluding hydrogens is 364 g/mol. The fourth-order valence-electron chi connectivity index (χ4n) is 2.62. The second kappa shape index (κ2) is 9.40. The molecule has 0 aromatic heterocycles. The lowest BCUT2D eigenvalue weighted by atomic mass is 10.1. The molecule has 0 aliphatic heterocycles. The van der Waals surface area contributed by atoms with E-state index >= 15 is 0 Å². The Morgan fingerprint density at radius 2 is 1.57 bits per heavy atom. The fourth-order valence-corrected chi connectivity index (χ4v) is 2.62. The maximum Gasteiger partial charge on any atom is 0.323 e. The highest BCUT2D eigenvalue weighted by Gasteiger charge is 2.20. The smallest absolute Gasteiger partial charge is 0.323 e. The highest BCUT2D eigenvalue weighted by molar-refractivity contribution is 5.96. The minimum absolute atomic E-state index is 0.0616. The largest absolute Gasteiger partial charge is 0.497 e. The molecule has 2 N–H and O–H groups in total. The van der Waals surface area contributed by atoms with Gasteiger partial charge in [-0.25, -0.2) is 0 Å². The Bertz CT molecular complexity index is 841. The summed E-state index contributed by atoms with van der Waals surface area (Å²) in [6, 6.07) is 11.4. The van der Waals surface area contributed by atoms with Crippen LogP contribution in [0.5, 0.6) is 11.5 Å². The van der Waals surface area contributed by atoms with Crippen LogP contribution in [0.25, 0.3) is 0 Å². The highest BCUT2D eigenvalue weighted by Crippen LogP contribution is 2.24. The van der Waals surface area contributed by atoms with Crippen molar-refractivity contribution in [2.24, 2.45) is 0 Å². The van der Waals surface area contributed by atoms with Crippen LogP contribution in [-0.2, 0) is 16.1 Å². The normalized spacial score (nSPS) is 10.1. The van der Waals surface area contributed by atoms with Gasteiger partial charge in [0.2, 0.25) is 5.91 Å². The number of aliphatic carboxylic acids is 1. The van der Waals surface area contributed by atoms with E-state index in [0.29, 0.717) is 28.3 Å². The third kappa shape index (κ3) is 5.73. The summed E-state index contributed by atoms with van der Waals surface area (Å²) in [7, 11) is 3.02. The lowest BCUT2D eigenvalue weighted by molar-refractivity contribution is -0.137. The first-order valence-corrected chi connectivity index (χ1v) is 8.43. The molecule has 0 unspecified atom stereocenters. The van der Waals surface area contributed by atoms with Crippen LogP contribution in [0.4, 0.5) is 5.69 Å². The zero-order valence-electron chi connectivity index (χ0n) is 15.9. The second-order valence-corrected chi connectivity index (χ2v) is 6.03. The molecule has 0 spiro atoms. The van der Waals surface area contributed by atoms with Crippen LogP contribution in [0.15, 0.2) is 42.5 Å². The average Bonchev–Trinajstić information content (AvgIpc) is 2.66. The fraction of sp³-hybridized carbons (Fsp3) is 0.250. The van der Waals surface area contributed by atoms with Crippen molar-refractivity contribution < 1.29 is 29.0 Å². The van der Waals surface area contributed by atoms with E-state index in [2.05, 4.69) is 5.32 Å². The molecule has 8 heteroatoms. The number of amides is 2. The van der Waals surface area contributed by atoms with Crippen molar-refractivity contribution >= 4 is 23.5 Å². The Balaban J connectivity index is 2.26. The number of anilines is 1. The van der Waals surface area contributed by atoms with Crippen molar-refractivity contribution in [1.29, 1.82) is 0 Å². The number of hydrogen-bond acceptors (Lipinski definition) is 5. The number of nitrogens with zero attached hydrogens (tertiary/aromatic N) is 1. The summed E-state index contributed by atoms with van der Waals surface area (Å²) in [5.74, 6) is -0.719. The molecule has 0 fully saturated rings. The van der Waals surface area contributed by atoms with Crippen molar-refractivity contribution in [2.45, 2.75) is 13.5 Å². The van der Waals surface area contributed by atoms with E-state index < -0.39 is 18.4 Å². The average molecular weight is 386 g/mol. The summed E-state index contributed by atoms with van der Waals surface area (Å²) >= 11 is 0. The maximum absolute atomic E-state index is 12.8. The van der Waals surface area contributed by atoms with Crippen LogP contribution < -0.4 is 14.8 Å². The van der Waals surface area contributed by atoms with E-state index in [-0.39, 0.29) is 12.5 Å². The van der Waals surface area contributed by atoms with Gasteiger partial charge in [0.15, 0.2) is 0 Å². The molecule has 2 rings (SSSR count). The topological polar surface area (TPSA) is 105 Å². The van der Waals surface area contributed by atoms with Gasteiger partial charge in [-0.15, -0.1) is 0 Å². The van der Waals surface area contributed by atoms with Gasteiger partial charge in [0.25, 0.3) is 5.91 Å². The van der Waals surface area contributed by atoms with Gasteiger partial charge in [0.05, 0.1) is 14.2 Å². The summed E-state index contributed by atoms with van der Waals surface area (Å²) in [5.41, 5.74) is 1.53. The molecule has 0 saturated carbocycles. The van der Waals surface area contributed by atoms with Crippen molar-refractivity contribution in [3.05, 3.63) is 53.6 Å². The first-order chi connectivity index (χ1) is 13.3. The Morgan fingerprint density at radius 3 is 2.04 bits per heavy atom. The van der Waals surface area contributed by atoms with Crippen molar-refractivity contribution in [2.75, 3.05) is 26.1 Å². The van der Waals surface area contributed by atoms with Gasteiger partial charge in [-0.1, -0.05) is 0 Å².